The lowest BCUT2D eigenvalue weighted by atomic mass is 9.92. The Kier molecular flexibility index (Phi) is 5.99. The molecule has 1 fully saturated rings. The lowest BCUT2D eigenvalue weighted by Gasteiger charge is -2.21. The Bertz CT molecular complexity index is 851. The molecule has 28 heavy (non-hydrogen) atoms. The second-order valence-electron chi connectivity index (χ2n) is 6.87. The second-order valence-corrected chi connectivity index (χ2v) is 6.87. The van der Waals surface area contributed by atoms with Gasteiger partial charge in [0.1, 0.15) is 0 Å². The molecular weight excluding hydrogens is 358 g/mol. The Morgan fingerprint density at radius 3 is 2.50 bits per heavy atom. The number of amides is 1. The Hall–Kier alpha value is -2.86. The molecule has 1 saturated heterocycles. The van der Waals surface area contributed by atoms with Gasteiger partial charge in [-0.2, -0.15) is 0 Å². The zero-order chi connectivity index (χ0) is 20.1. The van der Waals surface area contributed by atoms with Gasteiger partial charge in [-0.1, -0.05) is 24.3 Å². The van der Waals surface area contributed by atoms with Crippen LogP contribution in [-0.4, -0.2) is 43.2 Å². The summed E-state index contributed by atoms with van der Waals surface area (Å²) in [5.41, 5.74) is -0.226. The van der Waals surface area contributed by atoms with Crippen LogP contribution in [0.2, 0.25) is 0 Å². The summed E-state index contributed by atoms with van der Waals surface area (Å²) in [7, 11) is 3.15. The largest absolute Gasteiger partial charge is 0.493 e. The molecule has 1 aliphatic heterocycles. The summed E-state index contributed by atoms with van der Waals surface area (Å²) in [6, 6.07) is 14.7. The summed E-state index contributed by atoms with van der Waals surface area (Å²) in [6.45, 7) is 0.334. The van der Waals surface area contributed by atoms with E-state index in [2.05, 4.69) is 0 Å². The van der Waals surface area contributed by atoms with E-state index in [1.807, 2.05) is 36.4 Å². The number of methoxy groups -OCH3 is 2. The number of para-hydroxylation sites is 1. The van der Waals surface area contributed by atoms with Gasteiger partial charge in [-0.05, 0) is 42.7 Å². The minimum Gasteiger partial charge on any atom is -0.493 e. The van der Waals surface area contributed by atoms with Gasteiger partial charge in [0.25, 0.3) is 5.91 Å². The minimum atomic E-state index is -1.92. The molecule has 2 aromatic carbocycles. The van der Waals surface area contributed by atoms with Gasteiger partial charge in [-0.15, -0.1) is 0 Å². The molecule has 0 saturated carbocycles. The molecule has 1 aliphatic rings. The van der Waals surface area contributed by atoms with Crippen molar-refractivity contribution in [2.45, 2.75) is 31.3 Å². The third-order valence-corrected chi connectivity index (χ3v) is 5.14. The van der Waals surface area contributed by atoms with Crippen molar-refractivity contribution in [1.82, 2.24) is 0 Å². The Morgan fingerprint density at radius 2 is 1.82 bits per heavy atom. The van der Waals surface area contributed by atoms with E-state index in [4.69, 9.17) is 9.47 Å². The van der Waals surface area contributed by atoms with Crippen LogP contribution >= 0.6 is 0 Å². The highest BCUT2D eigenvalue weighted by molar-refractivity contribution is 6.17. The SMILES string of the molecule is COc1ccc(CCCC(=O)[C@@]2(O)CCN(c3ccccc3)C2=O)cc1OC. The summed E-state index contributed by atoms with van der Waals surface area (Å²) in [5.74, 6) is 0.329. The number of rotatable bonds is 8. The highest BCUT2D eigenvalue weighted by Gasteiger charge is 2.50. The van der Waals surface area contributed by atoms with Gasteiger partial charge < -0.3 is 19.5 Å². The standard InChI is InChI=1S/C22H25NO5/c1-27-18-12-11-16(15-19(18)28-2)7-6-10-20(24)22(26)13-14-23(21(22)25)17-8-4-3-5-9-17/h3-5,8-9,11-12,15,26H,6-7,10,13-14H2,1-2H3/t22-/m0/s1. The summed E-state index contributed by atoms with van der Waals surface area (Å²) >= 11 is 0. The quantitative estimate of drug-likeness (QED) is 0.710. The Balaban J connectivity index is 1.60. The molecule has 0 aromatic heterocycles. The Labute approximate surface area is 164 Å². The molecule has 1 atom stereocenters. The third kappa shape index (κ3) is 3.87. The fourth-order valence-electron chi connectivity index (χ4n) is 3.51. The molecule has 0 aliphatic carbocycles. The first-order valence-electron chi connectivity index (χ1n) is 9.33. The van der Waals surface area contributed by atoms with Crippen LogP contribution in [0.3, 0.4) is 0 Å². The van der Waals surface area contributed by atoms with Crippen LogP contribution in [-0.2, 0) is 16.0 Å². The predicted octanol–water partition coefficient (Wildman–Crippen LogP) is 2.76. The van der Waals surface area contributed by atoms with Gasteiger partial charge in [0, 0.05) is 25.1 Å². The fraction of sp³-hybridized carbons (Fsp3) is 0.364. The van der Waals surface area contributed by atoms with Gasteiger partial charge in [-0.25, -0.2) is 0 Å². The van der Waals surface area contributed by atoms with E-state index in [1.165, 1.54) is 4.90 Å². The number of hydrogen-bond acceptors (Lipinski definition) is 5. The van der Waals surface area contributed by atoms with E-state index in [-0.39, 0.29) is 12.8 Å². The number of nitrogens with zero attached hydrogens (tertiary/aromatic N) is 1. The maximum Gasteiger partial charge on any atom is 0.266 e. The molecule has 6 nitrogen and oxygen atoms in total. The maximum absolute atomic E-state index is 12.7. The minimum absolute atomic E-state index is 0.121. The second kappa shape index (κ2) is 8.44. The zero-order valence-corrected chi connectivity index (χ0v) is 16.2. The van der Waals surface area contributed by atoms with E-state index in [0.717, 1.165) is 5.56 Å². The molecule has 0 radical (unpaired) electrons. The van der Waals surface area contributed by atoms with Crippen LogP contribution in [0.15, 0.2) is 48.5 Å². The van der Waals surface area contributed by atoms with Crippen molar-refractivity contribution in [3.05, 3.63) is 54.1 Å². The number of aliphatic hydroxyl groups is 1. The van der Waals surface area contributed by atoms with E-state index >= 15 is 0 Å². The smallest absolute Gasteiger partial charge is 0.266 e. The number of hydrogen-bond donors (Lipinski definition) is 1. The number of benzene rings is 2. The average molecular weight is 383 g/mol. The summed E-state index contributed by atoms with van der Waals surface area (Å²) in [5, 5.41) is 10.7. The van der Waals surface area contributed by atoms with Gasteiger partial charge in [0.05, 0.1) is 14.2 Å². The van der Waals surface area contributed by atoms with Crippen molar-refractivity contribution in [3.63, 3.8) is 0 Å². The highest BCUT2D eigenvalue weighted by Crippen LogP contribution is 2.31. The average Bonchev–Trinajstić information content (AvgIpc) is 3.04. The molecule has 0 spiro atoms. The van der Waals surface area contributed by atoms with Gasteiger partial charge >= 0.3 is 0 Å². The van der Waals surface area contributed by atoms with E-state index in [1.54, 1.807) is 26.4 Å². The zero-order valence-electron chi connectivity index (χ0n) is 16.2. The van der Waals surface area contributed by atoms with Crippen LogP contribution < -0.4 is 14.4 Å². The van der Waals surface area contributed by atoms with Crippen molar-refractivity contribution in [2.24, 2.45) is 0 Å². The van der Waals surface area contributed by atoms with Crippen molar-refractivity contribution >= 4 is 17.4 Å². The van der Waals surface area contributed by atoms with Crippen molar-refractivity contribution < 1.29 is 24.2 Å². The number of Topliss-reactive ketones (excluding diaryl/α,β-unsaturated/α-hetero) is 1. The van der Waals surface area contributed by atoms with Crippen molar-refractivity contribution in [2.75, 3.05) is 25.7 Å². The maximum atomic E-state index is 12.7. The monoisotopic (exact) mass is 383 g/mol. The number of anilines is 1. The first kappa shape index (κ1) is 19.9. The van der Waals surface area contributed by atoms with Crippen LogP contribution in [0.1, 0.15) is 24.8 Å². The summed E-state index contributed by atoms with van der Waals surface area (Å²) in [4.78, 5) is 26.8. The lowest BCUT2D eigenvalue weighted by molar-refractivity contribution is -0.147. The number of aryl methyl sites for hydroxylation is 1. The number of ether oxygens (including phenoxy) is 2. The molecule has 148 valence electrons. The molecule has 0 bridgehead atoms. The first-order valence-corrected chi connectivity index (χ1v) is 9.33. The van der Waals surface area contributed by atoms with Gasteiger partial charge in [0.2, 0.25) is 5.60 Å². The molecule has 1 N–H and O–H groups in total. The van der Waals surface area contributed by atoms with Crippen molar-refractivity contribution in [3.8, 4) is 11.5 Å². The molecule has 3 rings (SSSR count). The van der Waals surface area contributed by atoms with Crippen LogP contribution in [0.25, 0.3) is 0 Å². The molecule has 1 heterocycles. The first-order chi connectivity index (χ1) is 13.5. The van der Waals surface area contributed by atoms with Crippen LogP contribution in [0.5, 0.6) is 11.5 Å². The van der Waals surface area contributed by atoms with Gasteiger partial charge in [0.15, 0.2) is 17.3 Å². The van der Waals surface area contributed by atoms with E-state index < -0.39 is 17.3 Å². The predicted molar refractivity (Wildman–Crippen MR) is 106 cm³/mol. The highest BCUT2D eigenvalue weighted by atomic mass is 16.5. The topological polar surface area (TPSA) is 76.1 Å². The molecular formula is C22H25NO5. The molecule has 0 unspecified atom stereocenters. The lowest BCUT2D eigenvalue weighted by Crippen LogP contribution is -2.46. The van der Waals surface area contributed by atoms with E-state index in [9.17, 15) is 14.7 Å². The molecule has 6 heteroatoms. The van der Waals surface area contributed by atoms with Gasteiger partial charge in [-0.3, -0.25) is 9.59 Å². The van der Waals surface area contributed by atoms with E-state index in [0.29, 0.717) is 36.6 Å². The van der Waals surface area contributed by atoms with Crippen LogP contribution in [0, 0.1) is 0 Å². The molecule has 1 amide bonds. The number of carbonyl (C=O) groups is 2. The summed E-state index contributed by atoms with van der Waals surface area (Å²) < 4.78 is 10.5. The third-order valence-electron chi connectivity index (χ3n) is 5.14. The number of carbonyl (C=O) groups excluding carboxylic acids is 2. The van der Waals surface area contributed by atoms with Crippen LogP contribution in [0.4, 0.5) is 5.69 Å². The summed E-state index contributed by atoms with van der Waals surface area (Å²) in [6.07, 6.45) is 1.43. The number of ketones is 1. The van der Waals surface area contributed by atoms with Crippen molar-refractivity contribution in [1.29, 1.82) is 0 Å². The fourth-order valence-corrected chi connectivity index (χ4v) is 3.51. The Morgan fingerprint density at radius 1 is 1.11 bits per heavy atom. The molecule has 2 aromatic rings. The normalized spacial score (nSPS) is 19.0.